The lowest BCUT2D eigenvalue weighted by Crippen LogP contribution is -2.49. The van der Waals surface area contributed by atoms with Crippen molar-refractivity contribution < 1.29 is 9.90 Å². The van der Waals surface area contributed by atoms with Gasteiger partial charge in [-0.3, -0.25) is 4.79 Å². The second-order valence-corrected chi connectivity index (χ2v) is 5.03. The van der Waals surface area contributed by atoms with Crippen molar-refractivity contribution in [3.63, 3.8) is 0 Å². The van der Waals surface area contributed by atoms with Crippen molar-refractivity contribution in [3.05, 3.63) is 29.6 Å². The van der Waals surface area contributed by atoms with E-state index in [0.29, 0.717) is 18.2 Å². The van der Waals surface area contributed by atoms with Gasteiger partial charge in [0.1, 0.15) is 5.69 Å². The van der Waals surface area contributed by atoms with E-state index in [4.69, 9.17) is 0 Å². The monoisotopic (exact) mass is 248 g/mol. The van der Waals surface area contributed by atoms with Gasteiger partial charge in [0.05, 0.1) is 12.6 Å². The fourth-order valence-electron chi connectivity index (χ4n) is 2.59. The summed E-state index contributed by atoms with van der Waals surface area (Å²) < 4.78 is 0. The minimum Gasteiger partial charge on any atom is -0.394 e. The molecule has 2 atom stereocenters. The average molecular weight is 248 g/mol. The molecule has 98 valence electrons. The number of aryl methyl sites for hydroxylation is 1. The lowest BCUT2D eigenvalue weighted by Gasteiger charge is -2.38. The van der Waals surface area contributed by atoms with Gasteiger partial charge in [-0.15, -0.1) is 0 Å². The molecule has 0 aliphatic carbocycles. The molecule has 1 aliphatic heterocycles. The van der Waals surface area contributed by atoms with Gasteiger partial charge in [-0.1, -0.05) is 13.0 Å². The highest BCUT2D eigenvalue weighted by Gasteiger charge is 2.32. The van der Waals surface area contributed by atoms with Crippen LogP contribution in [-0.2, 0) is 0 Å². The Hall–Kier alpha value is -1.42. The van der Waals surface area contributed by atoms with Crippen molar-refractivity contribution in [2.45, 2.75) is 32.7 Å². The Labute approximate surface area is 108 Å². The van der Waals surface area contributed by atoms with Gasteiger partial charge in [-0.05, 0) is 37.8 Å². The molecule has 0 aromatic carbocycles. The molecule has 4 heteroatoms. The minimum absolute atomic E-state index is 0.0265. The summed E-state index contributed by atoms with van der Waals surface area (Å²) in [6.45, 7) is 4.70. The smallest absolute Gasteiger partial charge is 0.272 e. The van der Waals surface area contributed by atoms with Crippen LogP contribution in [0.15, 0.2) is 18.2 Å². The fraction of sp³-hybridized carbons (Fsp3) is 0.571. The van der Waals surface area contributed by atoms with Crippen LogP contribution >= 0.6 is 0 Å². The van der Waals surface area contributed by atoms with E-state index in [1.807, 2.05) is 19.1 Å². The van der Waals surface area contributed by atoms with E-state index >= 15 is 0 Å². The summed E-state index contributed by atoms with van der Waals surface area (Å²) in [5, 5.41) is 9.47. The minimum atomic E-state index is -0.0754. The SMILES string of the molecule is Cc1cccc(C(=O)N2CCCC(C)C2CO)n1. The maximum atomic E-state index is 12.4. The van der Waals surface area contributed by atoms with Crippen LogP contribution in [0.3, 0.4) is 0 Å². The molecule has 0 radical (unpaired) electrons. The maximum Gasteiger partial charge on any atom is 0.272 e. The second kappa shape index (κ2) is 5.48. The number of piperidine rings is 1. The van der Waals surface area contributed by atoms with Crippen LogP contribution in [-0.4, -0.2) is 40.1 Å². The summed E-state index contributed by atoms with van der Waals surface area (Å²) >= 11 is 0. The Kier molecular flexibility index (Phi) is 3.97. The molecule has 1 aromatic rings. The third-order valence-corrected chi connectivity index (χ3v) is 3.67. The van der Waals surface area contributed by atoms with Gasteiger partial charge in [0.2, 0.25) is 0 Å². The molecule has 2 rings (SSSR count). The van der Waals surface area contributed by atoms with Crippen LogP contribution in [0.4, 0.5) is 0 Å². The van der Waals surface area contributed by atoms with Crippen LogP contribution in [0.2, 0.25) is 0 Å². The molecule has 4 nitrogen and oxygen atoms in total. The quantitative estimate of drug-likeness (QED) is 0.865. The lowest BCUT2D eigenvalue weighted by molar-refractivity contribution is 0.0353. The zero-order valence-corrected chi connectivity index (χ0v) is 11.0. The summed E-state index contributed by atoms with van der Waals surface area (Å²) in [4.78, 5) is 18.5. The van der Waals surface area contributed by atoms with Crippen molar-refractivity contribution in [3.8, 4) is 0 Å². The third-order valence-electron chi connectivity index (χ3n) is 3.67. The molecule has 1 aliphatic rings. The van der Waals surface area contributed by atoms with Gasteiger partial charge in [0.25, 0.3) is 5.91 Å². The van der Waals surface area contributed by atoms with Gasteiger partial charge < -0.3 is 10.0 Å². The molecule has 1 saturated heterocycles. The topological polar surface area (TPSA) is 53.4 Å². The number of aromatic nitrogens is 1. The number of pyridine rings is 1. The second-order valence-electron chi connectivity index (χ2n) is 5.03. The number of carbonyl (C=O) groups excluding carboxylic acids is 1. The Morgan fingerprint density at radius 1 is 1.56 bits per heavy atom. The standard InChI is InChI=1S/C14H20N2O2/c1-10-5-4-8-16(13(10)9-17)14(18)12-7-3-6-11(2)15-12/h3,6-7,10,13,17H,4-5,8-9H2,1-2H3. The summed E-state index contributed by atoms with van der Waals surface area (Å²) in [7, 11) is 0. The van der Waals surface area contributed by atoms with Crippen molar-refractivity contribution >= 4 is 5.91 Å². The Morgan fingerprint density at radius 2 is 2.33 bits per heavy atom. The van der Waals surface area contributed by atoms with E-state index < -0.39 is 0 Å². The van der Waals surface area contributed by atoms with Crippen molar-refractivity contribution in [1.82, 2.24) is 9.88 Å². The first-order chi connectivity index (χ1) is 8.63. The molecule has 0 saturated carbocycles. The number of aliphatic hydroxyl groups is 1. The number of nitrogens with zero attached hydrogens (tertiary/aromatic N) is 2. The zero-order chi connectivity index (χ0) is 13.1. The molecule has 2 unspecified atom stereocenters. The first-order valence-corrected chi connectivity index (χ1v) is 6.49. The molecular formula is C14H20N2O2. The first-order valence-electron chi connectivity index (χ1n) is 6.49. The number of amides is 1. The van der Waals surface area contributed by atoms with Crippen LogP contribution in [0, 0.1) is 12.8 Å². The normalized spacial score (nSPS) is 24.1. The van der Waals surface area contributed by atoms with E-state index in [1.165, 1.54) is 0 Å². The predicted molar refractivity (Wildman–Crippen MR) is 69.3 cm³/mol. The molecule has 1 N–H and O–H groups in total. The van der Waals surface area contributed by atoms with E-state index in [1.54, 1.807) is 11.0 Å². The third kappa shape index (κ3) is 2.53. The molecule has 0 spiro atoms. The molecule has 1 fully saturated rings. The maximum absolute atomic E-state index is 12.4. The summed E-state index contributed by atoms with van der Waals surface area (Å²) in [6, 6.07) is 5.38. The highest BCUT2D eigenvalue weighted by molar-refractivity contribution is 5.92. The molecule has 18 heavy (non-hydrogen) atoms. The van der Waals surface area contributed by atoms with Crippen molar-refractivity contribution in [2.75, 3.05) is 13.2 Å². The van der Waals surface area contributed by atoms with E-state index in [0.717, 1.165) is 18.5 Å². The predicted octanol–water partition coefficient (Wildman–Crippen LogP) is 1.62. The summed E-state index contributed by atoms with van der Waals surface area (Å²) in [5.74, 6) is 0.279. The average Bonchev–Trinajstić information content (AvgIpc) is 2.37. The van der Waals surface area contributed by atoms with Gasteiger partial charge >= 0.3 is 0 Å². The Bertz CT molecular complexity index is 434. The van der Waals surface area contributed by atoms with Crippen LogP contribution < -0.4 is 0 Å². The Morgan fingerprint density at radius 3 is 3.00 bits per heavy atom. The number of hydrogen-bond donors (Lipinski definition) is 1. The molecule has 0 bridgehead atoms. The molecular weight excluding hydrogens is 228 g/mol. The molecule has 1 aromatic heterocycles. The summed E-state index contributed by atoms with van der Waals surface area (Å²) in [6.07, 6.45) is 2.06. The highest BCUT2D eigenvalue weighted by Crippen LogP contribution is 2.24. The van der Waals surface area contributed by atoms with Crippen LogP contribution in [0.1, 0.15) is 35.9 Å². The number of rotatable bonds is 2. The highest BCUT2D eigenvalue weighted by atomic mass is 16.3. The van der Waals surface area contributed by atoms with Gasteiger partial charge in [0.15, 0.2) is 0 Å². The molecule has 1 amide bonds. The van der Waals surface area contributed by atoms with Crippen LogP contribution in [0.5, 0.6) is 0 Å². The van der Waals surface area contributed by atoms with Gasteiger partial charge in [-0.2, -0.15) is 0 Å². The summed E-state index contributed by atoms with van der Waals surface area (Å²) in [5.41, 5.74) is 1.31. The van der Waals surface area contributed by atoms with Gasteiger partial charge in [0, 0.05) is 12.2 Å². The Balaban J connectivity index is 2.21. The van der Waals surface area contributed by atoms with Gasteiger partial charge in [-0.25, -0.2) is 4.98 Å². The number of aliphatic hydroxyl groups excluding tert-OH is 1. The van der Waals surface area contributed by atoms with Crippen LogP contribution in [0.25, 0.3) is 0 Å². The van der Waals surface area contributed by atoms with E-state index in [-0.39, 0.29) is 18.6 Å². The molecule has 2 heterocycles. The number of likely N-dealkylation sites (tertiary alicyclic amines) is 1. The van der Waals surface area contributed by atoms with E-state index in [2.05, 4.69) is 11.9 Å². The lowest BCUT2D eigenvalue weighted by atomic mass is 9.91. The van der Waals surface area contributed by atoms with E-state index in [9.17, 15) is 9.90 Å². The van der Waals surface area contributed by atoms with Crippen molar-refractivity contribution in [2.24, 2.45) is 5.92 Å². The fourth-order valence-corrected chi connectivity index (χ4v) is 2.59. The largest absolute Gasteiger partial charge is 0.394 e. The number of carbonyl (C=O) groups is 1. The van der Waals surface area contributed by atoms with Crippen molar-refractivity contribution in [1.29, 1.82) is 0 Å². The number of hydrogen-bond acceptors (Lipinski definition) is 3. The first kappa shape index (κ1) is 13.0. The zero-order valence-electron chi connectivity index (χ0n) is 11.0.